The zero-order valence-corrected chi connectivity index (χ0v) is 13.7. The van der Waals surface area contributed by atoms with Gasteiger partial charge in [0.05, 0.1) is 24.5 Å². The minimum absolute atomic E-state index is 0.108. The molecule has 2 aromatic rings. The van der Waals surface area contributed by atoms with Crippen molar-refractivity contribution in [2.75, 3.05) is 0 Å². The molecule has 0 aliphatic rings. The fourth-order valence-electron chi connectivity index (χ4n) is 1.89. The topological polar surface area (TPSA) is 80.0 Å². The Kier molecular flexibility index (Phi) is 4.98. The third-order valence-electron chi connectivity index (χ3n) is 3.29. The van der Waals surface area contributed by atoms with Crippen LogP contribution in [0.5, 0.6) is 0 Å². The maximum atomic E-state index is 13.1. The number of halogens is 1. The van der Waals surface area contributed by atoms with Crippen molar-refractivity contribution in [1.29, 1.82) is 0 Å². The molecule has 2 aromatic heterocycles. The van der Waals surface area contributed by atoms with Crippen LogP contribution in [-0.4, -0.2) is 16.0 Å². The lowest BCUT2D eigenvalue weighted by Crippen LogP contribution is -2.36. The molecule has 124 valence electrons. The molecule has 0 aliphatic carbocycles. The van der Waals surface area contributed by atoms with Crippen LogP contribution in [-0.2, 0) is 12.0 Å². The highest BCUT2D eigenvalue weighted by molar-refractivity contribution is 5.74. The highest BCUT2D eigenvalue weighted by Gasteiger charge is 2.19. The zero-order valence-electron chi connectivity index (χ0n) is 13.7. The normalized spacial score (nSPS) is 12.7. The van der Waals surface area contributed by atoms with Crippen molar-refractivity contribution < 1.29 is 13.6 Å². The number of hydrogen-bond acceptors (Lipinski definition) is 4. The average Bonchev–Trinajstić information content (AvgIpc) is 2.94. The molecule has 1 atom stereocenters. The number of oxazole rings is 1. The van der Waals surface area contributed by atoms with E-state index in [1.165, 1.54) is 12.3 Å². The number of aromatic nitrogens is 2. The summed E-state index contributed by atoms with van der Waals surface area (Å²) in [6.07, 6.45) is 4.22. The van der Waals surface area contributed by atoms with Crippen LogP contribution in [0.2, 0.25) is 0 Å². The van der Waals surface area contributed by atoms with Crippen molar-refractivity contribution in [3.63, 3.8) is 0 Å². The molecule has 0 spiro atoms. The Morgan fingerprint density at radius 2 is 2.13 bits per heavy atom. The lowest BCUT2D eigenvalue weighted by Gasteiger charge is -2.14. The van der Waals surface area contributed by atoms with Gasteiger partial charge in [0, 0.05) is 11.6 Å². The van der Waals surface area contributed by atoms with Crippen molar-refractivity contribution in [2.24, 2.45) is 0 Å². The molecule has 2 N–H and O–H groups in total. The van der Waals surface area contributed by atoms with Gasteiger partial charge in [-0.3, -0.25) is 4.98 Å². The highest BCUT2D eigenvalue weighted by Crippen LogP contribution is 2.20. The van der Waals surface area contributed by atoms with E-state index in [1.807, 2.05) is 20.8 Å². The summed E-state index contributed by atoms with van der Waals surface area (Å²) in [6.45, 7) is 8.02. The Hall–Kier alpha value is -2.44. The van der Waals surface area contributed by atoms with Gasteiger partial charge >= 0.3 is 6.03 Å². The molecule has 0 unspecified atom stereocenters. The Morgan fingerprint density at radius 1 is 1.39 bits per heavy atom. The van der Waals surface area contributed by atoms with Crippen LogP contribution in [0.25, 0.3) is 0 Å². The predicted molar refractivity (Wildman–Crippen MR) is 83.2 cm³/mol. The number of nitrogens with zero attached hydrogens (tertiary/aromatic N) is 2. The third-order valence-corrected chi connectivity index (χ3v) is 3.29. The van der Waals surface area contributed by atoms with Crippen LogP contribution in [0, 0.1) is 5.82 Å². The average molecular weight is 320 g/mol. The summed E-state index contributed by atoms with van der Waals surface area (Å²) in [5.41, 5.74) is 1.31. The van der Waals surface area contributed by atoms with Crippen molar-refractivity contribution in [1.82, 2.24) is 20.6 Å². The van der Waals surface area contributed by atoms with E-state index in [0.717, 1.165) is 11.9 Å². The van der Waals surface area contributed by atoms with E-state index in [0.29, 0.717) is 11.5 Å². The number of rotatable bonds is 4. The van der Waals surface area contributed by atoms with Gasteiger partial charge in [0.1, 0.15) is 12.1 Å². The van der Waals surface area contributed by atoms with Crippen LogP contribution in [0.15, 0.2) is 29.1 Å². The van der Waals surface area contributed by atoms with Crippen molar-refractivity contribution in [3.05, 3.63) is 47.7 Å². The van der Waals surface area contributed by atoms with Crippen LogP contribution in [0.3, 0.4) is 0 Å². The molecule has 0 aromatic carbocycles. The van der Waals surface area contributed by atoms with E-state index < -0.39 is 11.8 Å². The van der Waals surface area contributed by atoms with E-state index in [1.54, 1.807) is 13.2 Å². The summed E-state index contributed by atoms with van der Waals surface area (Å²) in [4.78, 5) is 20.0. The SMILES string of the molecule is C[C@H](NC(=O)NCc1nc(C(C)(C)C)co1)c1cncc(F)c1. The maximum absolute atomic E-state index is 13.1. The van der Waals surface area contributed by atoms with Gasteiger partial charge < -0.3 is 15.1 Å². The minimum Gasteiger partial charge on any atom is -0.447 e. The second-order valence-electron chi connectivity index (χ2n) is 6.36. The highest BCUT2D eigenvalue weighted by atomic mass is 19.1. The largest absolute Gasteiger partial charge is 0.447 e. The molecule has 0 aliphatic heterocycles. The Morgan fingerprint density at radius 3 is 2.74 bits per heavy atom. The quantitative estimate of drug-likeness (QED) is 0.907. The number of amides is 2. The van der Waals surface area contributed by atoms with Gasteiger partial charge in [0.15, 0.2) is 0 Å². The summed E-state index contributed by atoms with van der Waals surface area (Å²) in [7, 11) is 0. The van der Waals surface area contributed by atoms with Gasteiger partial charge in [-0.1, -0.05) is 20.8 Å². The van der Waals surface area contributed by atoms with Gasteiger partial charge in [-0.15, -0.1) is 0 Å². The first kappa shape index (κ1) is 16.9. The zero-order chi connectivity index (χ0) is 17.0. The molecule has 0 saturated carbocycles. The lowest BCUT2D eigenvalue weighted by atomic mass is 9.93. The van der Waals surface area contributed by atoms with Crippen molar-refractivity contribution in [3.8, 4) is 0 Å². The molecule has 6 nitrogen and oxygen atoms in total. The summed E-state index contributed by atoms with van der Waals surface area (Å²) in [5.74, 6) is -0.00352. The molecule has 2 amide bonds. The Bertz CT molecular complexity index is 679. The van der Waals surface area contributed by atoms with Crippen LogP contribution in [0.4, 0.5) is 9.18 Å². The first-order valence-electron chi connectivity index (χ1n) is 7.35. The first-order valence-corrected chi connectivity index (χ1v) is 7.35. The number of carbonyl (C=O) groups is 1. The number of carbonyl (C=O) groups excluding carboxylic acids is 1. The van der Waals surface area contributed by atoms with Crippen molar-refractivity contribution >= 4 is 6.03 Å². The van der Waals surface area contributed by atoms with Gasteiger partial charge in [-0.2, -0.15) is 0 Å². The van der Waals surface area contributed by atoms with E-state index in [4.69, 9.17) is 4.42 Å². The Balaban J connectivity index is 1.86. The third kappa shape index (κ3) is 4.77. The molecule has 0 fully saturated rings. The van der Waals surface area contributed by atoms with Crippen LogP contribution < -0.4 is 10.6 Å². The van der Waals surface area contributed by atoms with Crippen LogP contribution in [0.1, 0.15) is 50.9 Å². The maximum Gasteiger partial charge on any atom is 0.315 e. The fourth-order valence-corrected chi connectivity index (χ4v) is 1.89. The lowest BCUT2D eigenvalue weighted by molar-refractivity contribution is 0.236. The molecule has 7 heteroatoms. The molecule has 0 radical (unpaired) electrons. The number of nitrogens with one attached hydrogen (secondary N) is 2. The van der Waals surface area contributed by atoms with E-state index in [-0.39, 0.29) is 18.0 Å². The van der Waals surface area contributed by atoms with E-state index >= 15 is 0 Å². The fraction of sp³-hybridized carbons (Fsp3) is 0.438. The minimum atomic E-state index is -0.439. The molecular weight excluding hydrogens is 299 g/mol. The molecule has 23 heavy (non-hydrogen) atoms. The summed E-state index contributed by atoms with van der Waals surface area (Å²) in [6, 6.07) is 0.576. The molecular formula is C16H21FN4O2. The van der Waals surface area contributed by atoms with E-state index in [9.17, 15) is 9.18 Å². The number of urea groups is 1. The van der Waals surface area contributed by atoms with E-state index in [2.05, 4.69) is 20.6 Å². The predicted octanol–water partition coefficient (Wildman–Crippen LogP) is 3.07. The van der Waals surface area contributed by atoms with Crippen LogP contribution >= 0.6 is 0 Å². The summed E-state index contributed by atoms with van der Waals surface area (Å²) < 4.78 is 18.5. The second-order valence-corrected chi connectivity index (χ2v) is 6.36. The molecule has 2 heterocycles. The molecule has 2 rings (SSSR count). The van der Waals surface area contributed by atoms with Crippen molar-refractivity contribution in [2.45, 2.75) is 45.7 Å². The number of hydrogen-bond donors (Lipinski definition) is 2. The van der Waals surface area contributed by atoms with Gasteiger partial charge in [-0.25, -0.2) is 14.2 Å². The van der Waals surface area contributed by atoms with Gasteiger partial charge in [0.2, 0.25) is 5.89 Å². The monoisotopic (exact) mass is 320 g/mol. The second kappa shape index (κ2) is 6.76. The van der Waals surface area contributed by atoms with Gasteiger partial charge in [-0.05, 0) is 18.6 Å². The smallest absolute Gasteiger partial charge is 0.315 e. The molecule has 0 saturated heterocycles. The standard InChI is InChI=1S/C16H21FN4O2/c1-10(11-5-12(17)7-18-6-11)20-15(22)19-8-14-21-13(9-23-14)16(2,3)4/h5-7,9-10H,8H2,1-4H3,(H2,19,20,22)/t10-/m0/s1. The Labute approximate surface area is 134 Å². The summed E-state index contributed by atoms with van der Waals surface area (Å²) in [5, 5.41) is 5.36. The van der Waals surface area contributed by atoms with Gasteiger partial charge in [0.25, 0.3) is 0 Å². The molecule has 0 bridgehead atoms. The number of pyridine rings is 1. The summed E-state index contributed by atoms with van der Waals surface area (Å²) >= 11 is 0. The first-order chi connectivity index (χ1) is 10.8.